The Morgan fingerprint density at radius 1 is 1.00 bits per heavy atom. The molecule has 0 amide bonds. The first-order chi connectivity index (χ1) is 13.9. The lowest BCUT2D eigenvalue weighted by Gasteiger charge is -2.43. The lowest BCUT2D eigenvalue weighted by Crippen LogP contribution is -2.45. The molecule has 2 N–H and O–H groups in total. The number of hydrogen-bond donors (Lipinski definition) is 2. The largest absolute Gasteiger partial charge is 0.507 e. The summed E-state index contributed by atoms with van der Waals surface area (Å²) in [5.41, 5.74) is 3.17. The number of ketones is 1. The molecule has 0 radical (unpaired) electrons. The molecule has 0 bridgehead atoms. The number of ether oxygens (including phenoxy) is 1. The molecule has 0 spiro atoms. The Balaban J connectivity index is 3.94. The highest BCUT2D eigenvalue weighted by atomic mass is 16.5. The van der Waals surface area contributed by atoms with Gasteiger partial charge in [-0.1, -0.05) is 48.8 Å². The first kappa shape index (κ1) is 26.0. The van der Waals surface area contributed by atoms with Crippen LogP contribution in [0.5, 0.6) is 0 Å². The first-order valence-corrected chi connectivity index (χ1v) is 10.7. The summed E-state index contributed by atoms with van der Waals surface area (Å²) in [5, 5.41) is 22.7. The van der Waals surface area contributed by atoms with Gasteiger partial charge >= 0.3 is 0 Å². The maximum atomic E-state index is 13.1. The van der Waals surface area contributed by atoms with E-state index in [4.69, 9.17) is 4.74 Å². The van der Waals surface area contributed by atoms with E-state index in [0.29, 0.717) is 30.6 Å². The standard InChI is InChI=1S/C26H40O4/c1-16(2)10-11-20-23(28)21(22(27)19(7)8)24(29)26(25(20)30-9,14-12-17(3)4)15-13-18(5)6/h10,12-13,19,24,28-29H,11,14-15H2,1-9H3. The van der Waals surface area contributed by atoms with Crippen LogP contribution in [0.15, 0.2) is 57.6 Å². The van der Waals surface area contributed by atoms with E-state index in [1.54, 1.807) is 21.0 Å². The van der Waals surface area contributed by atoms with E-state index in [1.165, 1.54) is 0 Å². The van der Waals surface area contributed by atoms with E-state index in [0.717, 1.165) is 16.7 Å². The molecule has 30 heavy (non-hydrogen) atoms. The molecule has 0 aliphatic heterocycles. The Labute approximate surface area is 182 Å². The van der Waals surface area contributed by atoms with E-state index in [-0.39, 0.29) is 23.0 Å². The second-order valence-corrected chi connectivity index (χ2v) is 9.31. The predicted octanol–water partition coefficient (Wildman–Crippen LogP) is 6.35. The number of Topliss-reactive ketones (excluding diaryl/α,β-unsaturated/α-hetero) is 1. The maximum Gasteiger partial charge on any atom is 0.167 e. The van der Waals surface area contributed by atoms with Crippen molar-refractivity contribution in [2.24, 2.45) is 11.3 Å². The minimum atomic E-state index is -1.16. The number of methoxy groups -OCH3 is 1. The predicted molar refractivity (Wildman–Crippen MR) is 124 cm³/mol. The van der Waals surface area contributed by atoms with Gasteiger partial charge in [-0.05, 0) is 60.8 Å². The Hall–Kier alpha value is -2.07. The fourth-order valence-electron chi connectivity index (χ4n) is 3.75. The molecule has 168 valence electrons. The van der Waals surface area contributed by atoms with Gasteiger partial charge in [-0.25, -0.2) is 0 Å². The van der Waals surface area contributed by atoms with Crippen LogP contribution in [0.25, 0.3) is 0 Å². The number of hydrogen-bond acceptors (Lipinski definition) is 4. The van der Waals surface area contributed by atoms with Crippen LogP contribution in [-0.4, -0.2) is 29.2 Å². The summed E-state index contributed by atoms with van der Waals surface area (Å²) >= 11 is 0. The van der Waals surface area contributed by atoms with Crippen molar-refractivity contribution >= 4 is 5.78 Å². The van der Waals surface area contributed by atoms with Crippen molar-refractivity contribution in [3.8, 4) is 0 Å². The molecule has 0 aromatic rings. The molecule has 1 unspecified atom stereocenters. The Morgan fingerprint density at radius 2 is 1.47 bits per heavy atom. The second-order valence-electron chi connectivity index (χ2n) is 9.31. The van der Waals surface area contributed by atoms with Gasteiger partial charge in [0, 0.05) is 11.5 Å². The topological polar surface area (TPSA) is 66.8 Å². The Bertz CT molecular complexity index is 771. The Kier molecular flexibility index (Phi) is 9.35. The SMILES string of the molecule is COC1=C(CC=C(C)C)C(O)=C(C(=O)C(C)C)C(O)C1(CC=C(C)C)CC=C(C)C. The number of aliphatic hydroxyl groups excluding tert-OH is 2. The molecule has 4 heteroatoms. The normalized spacial score (nSPS) is 18.3. The van der Waals surface area contributed by atoms with Crippen LogP contribution in [0.4, 0.5) is 0 Å². The summed E-state index contributed by atoms with van der Waals surface area (Å²) in [5.74, 6) is -0.153. The van der Waals surface area contributed by atoms with E-state index in [9.17, 15) is 15.0 Å². The summed E-state index contributed by atoms with van der Waals surface area (Å²) < 4.78 is 5.87. The van der Waals surface area contributed by atoms with Crippen LogP contribution in [-0.2, 0) is 9.53 Å². The van der Waals surface area contributed by atoms with Gasteiger partial charge in [-0.3, -0.25) is 4.79 Å². The minimum absolute atomic E-state index is 0.104. The van der Waals surface area contributed by atoms with Gasteiger partial charge in [0.05, 0.1) is 24.2 Å². The molecule has 1 aliphatic carbocycles. The number of allylic oxidation sites excluding steroid dienone is 7. The fourth-order valence-corrected chi connectivity index (χ4v) is 3.75. The number of aliphatic hydroxyl groups is 2. The number of rotatable bonds is 9. The quantitative estimate of drug-likeness (QED) is 0.430. The Morgan fingerprint density at radius 3 is 1.83 bits per heavy atom. The van der Waals surface area contributed by atoms with Gasteiger partial charge < -0.3 is 14.9 Å². The van der Waals surface area contributed by atoms with Crippen molar-refractivity contribution in [1.82, 2.24) is 0 Å². The van der Waals surface area contributed by atoms with Crippen LogP contribution in [0.3, 0.4) is 0 Å². The van der Waals surface area contributed by atoms with Crippen LogP contribution < -0.4 is 0 Å². The highest BCUT2D eigenvalue weighted by Crippen LogP contribution is 2.50. The fraction of sp³-hybridized carbons (Fsp3) is 0.577. The van der Waals surface area contributed by atoms with Gasteiger partial charge in [-0.2, -0.15) is 0 Å². The maximum absolute atomic E-state index is 13.1. The molecular formula is C26H40O4. The van der Waals surface area contributed by atoms with Gasteiger partial charge in [0.15, 0.2) is 5.78 Å². The van der Waals surface area contributed by atoms with Gasteiger partial charge in [0.1, 0.15) is 11.5 Å². The van der Waals surface area contributed by atoms with Gasteiger partial charge in [0.25, 0.3) is 0 Å². The second kappa shape index (κ2) is 10.8. The van der Waals surface area contributed by atoms with Crippen molar-refractivity contribution in [1.29, 1.82) is 0 Å². The van der Waals surface area contributed by atoms with E-state index >= 15 is 0 Å². The molecule has 0 aromatic heterocycles. The summed E-state index contributed by atoms with van der Waals surface area (Å²) in [6.45, 7) is 15.6. The summed E-state index contributed by atoms with van der Waals surface area (Å²) in [7, 11) is 1.58. The first-order valence-electron chi connectivity index (χ1n) is 10.7. The average Bonchev–Trinajstić information content (AvgIpc) is 2.64. The van der Waals surface area contributed by atoms with E-state index in [1.807, 2.05) is 47.6 Å². The lowest BCUT2D eigenvalue weighted by atomic mass is 9.65. The monoisotopic (exact) mass is 416 g/mol. The zero-order valence-corrected chi connectivity index (χ0v) is 20.2. The van der Waals surface area contributed by atoms with Crippen LogP contribution in [0.2, 0.25) is 0 Å². The third-order valence-corrected chi connectivity index (χ3v) is 5.52. The van der Waals surface area contributed by atoms with Crippen molar-refractivity contribution in [2.75, 3.05) is 7.11 Å². The third kappa shape index (κ3) is 5.75. The molecule has 1 aliphatic rings. The zero-order valence-electron chi connectivity index (χ0n) is 20.2. The van der Waals surface area contributed by atoms with Crippen molar-refractivity contribution in [2.45, 2.75) is 80.8 Å². The lowest BCUT2D eigenvalue weighted by molar-refractivity contribution is -0.120. The van der Waals surface area contributed by atoms with Crippen LogP contribution in [0.1, 0.15) is 74.7 Å². The van der Waals surface area contributed by atoms with Gasteiger partial charge in [-0.15, -0.1) is 0 Å². The molecule has 0 fully saturated rings. The highest BCUT2D eigenvalue weighted by Gasteiger charge is 2.50. The van der Waals surface area contributed by atoms with Crippen LogP contribution in [0, 0.1) is 11.3 Å². The molecule has 0 heterocycles. The molecule has 0 aromatic carbocycles. The van der Waals surface area contributed by atoms with Crippen molar-refractivity contribution < 1.29 is 19.7 Å². The molecule has 1 rings (SSSR count). The van der Waals surface area contributed by atoms with Gasteiger partial charge in [0.2, 0.25) is 0 Å². The smallest absolute Gasteiger partial charge is 0.167 e. The van der Waals surface area contributed by atoms with Crippen LogP contribution >= 0.6 is 0 Å². The van der Waals surface area contributed by atoms with E-state index in [2.05, 4.69) is 12.2 Å². The molecule has 0 saturated carbocycles. The molecular weight excluding hydrogens is 376 g/mol. The van der Waals surface area contributed by atoms with Crippen molar-refractivity contribution in [3.05, 3.63) is 57.6 Å². The highest BCUT2D eigenvalue weighted by molar-refractivity contribution is 5.99. The minimum Gasteiger partial charge on any atom is -0.507 e. The molecule has 4 nitrogen and oxygen atoms in total. The number of carbonyl (C=O) groups is 1. The molecule has 0 saturated heterocycles. The summed E-state index contributed by atoms with van der Waals surface area (Å²) in [4.78, 5) is 13.1. The summed E-state index contributed by atoms with van der Waals surface area (Å²) in [6.07, 6.45) is 6.42. The zero-order chi connectivity index (χ0) is 23.2. The van der Waals surface area contributed by atoms with E-state index < -0.39 is 11.5 Å². The molecule has 1 atom stereocenters. The van der Waals surface area contributed by atoms with Crippen molar-refractivity contribution in [3.63, 3.8) is 0 Å². The summed E-state index contributed by atoms with van der Waals surface area (Å²) in [6, 6.07) is 0. The number of carbonyl (C=O) groups excluding carboxylic acids is 1. The average molecular weight is 417 g/mol. The third-order valence-electron chi connectivity index (χ3n) is 5.52.